The van der Waals surface area contributed by atoms with Crippen molar-refractivity contribution in [2.75, 3.05) is 0 Å². The van der Waals surface area contributed by atoms with E-state index in [9.17, 15) is 0 Å². The molecule has 0 saturated carbocycles. The van der Waals surface area contributed by atoms with Gasteiger partial charge < -0.3 is 0 Å². The van der Waals surface area contributed by atoms with Crippen molar-refractivity contribution in [3.8, 4) is 0 Å². The standard InChI is InChI=1S/C5H5.C2H9B3.5CH3.Cr/c1-2-4-5-3-1;1-2-4-5-3;;;;;;/h1-3H,4H2;4-5H,2-3H2,1H3;5*1H3;. The summed E-state index contributed by atoms with van der Waals surface area (Å²) in [7, 11) is 2.58. The Morgan fingerprint density at radius 2 is 1.81 bits per heavy atom. The fourth-order valence-corrected chi connectivity index (χ4v) is 4.17. The maximum atomic E-state index is 2.46. The van der Waals surface area contributed by atoms with Gasteiger partial charge in [0, 0.05) is 0 Å². The predicted molar refractivity (Wildman–Crippen MR) is 84.5 cm³/mol. The molecule has 1 aliphatic carbocycles. The Labute approximate surface area is 104 Å². The van der Waals surface area contributed by atoms with E-state index in [1.165, 1.54) is 27.0 Å². The van der Waals surface area contributed by atoms with Crippen LogP contribution in [0.2, 0.25) is 35.2 Å². The summed E-state index contributed by atoms with van der Waals surface area (Å²) < 4.78 is 1.68. The zero-order valence-electron chi connectivity index (χ0n) is 12.5. The van der Waals surface area contributed by atoms with Crippen LogP contribution < -0.4 is 0 Å². The summed E-state index contributed by atoms with van der Waals surface area (Å²) in [6, 6.07) is 0. The number of allylic oxidation sites excluding steroid dienone is 4. The third kappa shape index (κ3) is 6.72. The van der Waals surface area contributed by atoms with Gasteiger partial charge in [-0.3, -0.25) is 0 Å². The van der Waals surface area contributed by atoms with Crippen LogP contribution in [0.5, 0.6) is 0 Å². The topological polar surface area (TPSA) is 0 Å². The summed E-state index contributed by atoms with van der Waals surface area (Å²) >= 11 is 0. The van der Waals surface area contributed by atoms with Gasteiger partial charge in [-0.25, -0.2) is 0 Å². The number of rotatable bonds is 3. The van der Waals surface area contributed by atoms with E-state index in [1.807, 2.05) is 0 Å². The molecular weight excluding hydrogens is 229 g/mol. The second-order valence-electron chi connectivity index (χ2n) is 7.72. The first-order valence-electron chi connectivity index (χ1n) is 6.38. The Bertz CT molecular complexity index is 279. The van der Waals surface area contributed by atoms with Gasteiger partial charge in [0.05, 0.1) is 22.0 Å². The molecule has 92 valence electrons. The number of hydrogen-bond acceptors (Lipinski definition) is 0. The minimum atomic E-state index is -2.37. The Morgan fingerprint density at radius 1 is 1.25 bits per heavy atom. The van der Waals surface area contributed by atoms with Crippen molar-refractivity contribution in [2.24, 2.45) is 0 Å². The summed E-state index contributed by atoms with van der Waals surface area (Å²) in [5, 5.41) is 0. The molecule has 0 aromatic rings. The van der Waals surface area contributed by atoms with Gasteiger partial charge in [-0.15, -0.1) is 0 Å². The normalized spacial score (nSPS) is 18.8. The summed E-state index contributed by atoms with van der Waals surface area (Å²) in [4.78, 5) is 0. The van der Waals surface area contributed by atoms with Gasteiger partial charge in [-0.05, 0) is 0 Å². The molecule has 0 saturated heterocycles. The van der Waals surface area contributed by atoms with Crippen LogP contribution in [0.25, 0.3) is 0 Å². The van der Waals surface area contributed by atoms with Crippen molar-refractivity contribution < 1.29 is 10.9 Å². The average Bonchev–Trinajstić information content (AvgIpc) is 2.54. The Morgan fingerprint density at radius 3 is 1.94 bits per heavy atom. The van der Waals surface area contributed by atoms with Crippen LogP contribution >= 0.6 is 0 Å². The van der Waals surface area contributed by atoms with E-state index in [-0.39, 0.29) is 0 Å². The summed E-state index contributed by atoms with van der Waals surface area (Å²) in [6.07, 6.45) is 9.30. The van der Waals surface area contributed by atoms with Crippen molar-refractivity contribution >= 4 is 22.0 Å². The third-order valence-electron chi connectivity index (χ3n) is 2.76. The van der Waals surface area contributed by atoms with Crippen molar-refractivity contribution in [1.29, 1.82) is 0 Å². The summed E-state index contributed by atoms with van der Waals surface area (Å²) in [5.41, 5.74) is 0. The molecule has 0 aromatic carbocycles. The van der Waals surface area contributed by atoms with Crippen LogP contribution in [0.3, 0.4) is 0 Å². The SMILES string of the molecule is BBBCC.[CH3][Cr]([CH3])([CH3])([CH3])([CH3])[C]1=CC=CC1. The molecule has 0 bridgehead atoms. The molecule has 0 unspecified atom stereocenters. The average molecular weight is 258 g/mol. The van der Waals surface area contributed by atoms with Crippen molar-refractivity contribution in [1.82, 2.24) is 0 Å². The van der Waals surface area contributed by atoms with Gasteiger partial charge in [-0.2, -0.15) is 0 Å². The van der Waals surface area contributed by atoms with E-state index in [4.69, 9.17) is 0 Å². The van der Waals surface area contributed by atoms with Crippen LogP contribution in [-0.4, -0.2) is 22.0 Å². The molecule has 0 heterocycles. The fraction of sp³-hybridized carbons (Fsp3) is 0.667. The van der Waals surface area contributed by atoms with Crippen molar-refractivity contribution in [3.63, 3.8) is 0 Å². The van der Waals surface area contributed by atoms with E-state index in [1.54, 1.807) is 4.44 Å². The Hall–Kier alpha value is 0.207. The van der Waals surface area contributed by atoms with Gasteiger partial charge >= 0.3 is 68.9 Å². The van der Waals surface area contributed by atoms with Crippen LogP contribution in [0.4, 0.5) is 0 Å². The van der Waals surface area contributed by atoms with Gasteiger partial charge in [0.2, 0.25) is 0 Å². The quantitative estimate of drug-likeness (QED) is 0.682. The van der Waals surface area contributed by atoms with Crippen LogP contribution in [0.15, 0.2) is 22.7 Å². The molecular formula is C12H29B3Cr. The van der Waals surface area contributed by atoms with Gasteiger partial charge in [0.25, 0.3) is 0 Å². The van der Waals surface area contributed by atoms with E-state index in [0.29, 0.717) is 0 Å². The van der Waals surface area contributed by atoms with Gasteiger partial charge in [0.1, 0.15) is 0 Å². The molecule has 16 heavy (non-hydrogen) atoms. The van der Waals surface area contributed by atoms with Crippen molar-refractivity contribution in [2.45, 2.75) is 48.6 Å². The molecule has 4 heteroatoms. The Balaban J connectivity index is 0.000000385. The molecule has 0 amide bonds. The first-order valence-corrected chi connectivity index (χ1v) is 13.4. The second kappa shape index (κ2) is 4.83. The van der Waals surface area contributed by atoms with E-state index in [0.717, 1.165) is 0 Å². The van der Waals surface area contributed by atoms with Crippen LogP contribution in [0.1, 0.15) is 13.3 Å². The molecule has 0 spiro atoms. The minimum absolute atomic E-state index is 1.19. The molecule has 0 aromatic heterocycles. The Kier molecular flexibility index (Phi) is 4.89. The van der Waals surface area contributed by atoms with Gasteiger partial charge in [0.15, 0.2) is 0 Å². The first-order chi connectivity index (χ1) is 7.01. The molecule has 0 aliphatic heterocycles. The first kappa shape index (κ1) is 16.2. The van der Waals surface area contributed by atoms with Crippen LogP contribution in [-0.2, 0) is 10.9 Å². The second-order valence-corrected chi connectivity index (χ2v) is 24.5. The maximum absolute atomic E-state index is 2.46. The molecule has 0 radical (unpaired) electrons. The predicted octanol–water partition coefficient (Wildman–Crippen LogP) is 3.06. The molecule has 1 aliphatic rings. The summed E-state index contributed by atoms with van der Waals surface area (Å²) in [6.45, 7) is 2.21. The molecule has 0 atom stereocenters. The summed E-state index contributed by atoms with van der Waals surface area (Å²) in [5.74, 6) is 12.3. The zero-order chi connectivity index (χ0) is 12.9. The van der Waals surface area contributed by atoms with E-state index < -0.39 is 10.9 Å². The van der Waals surface area contributed by atoms with Crippen LogP contribution in [0, 0.1) is 0 Å². The molecule has 0 nitrogen and oxygen atoms in total. The van der Waals surface area contributed by atoms with Crippen molar-refractivity contribution in [3.05, 3.63) is 22.7 Å². The molecule has 0 fully saturated rings. The van der Waals surface area contributed by atoms with E-state index in [2.05, 4.69) is 61.8 Å². The fourth-order valence-electron chi connectivity index (χ4n) is 1.54. The third-order valence-corrected chi connectivity index (χ3v) is 7.32. The van der Waals surface area contributed by atoms with Gasteiger partial charge in [-0.1, -0.05) is 13.2 Å². The molecule has 1 rings (SSSR count). The zero-order valence-corrected chi connectivity index (χ0v) is 13.7. The number of hydrogen-bond donors (Lipinski definition) is 0. The molecule has 0 N–H and O–H groups in total. The van der Waals surface area contributed by atoms with E-state index >= 15 is 0 Å². The monoisotopic (exact) mass is 258 g/mol.